The van der Waals surface area contributed by atoms with Gasteiger partial charge in [-0.1, -0.05) is 12.1 Å². The van der Waals surface area contributed by atoms with Crippen molar-refractivity contribution >= 4 is 18.1 Å². The van der Waals surface area contributed by atoms with Gasteiger partial charge in [0.2, 0.25) is 0 Å². The Labute approximate surface area is 94.2 Å². The lowest BCUT2D eigenvalue weighted by Gasteiger charge is -2.01. The number of nitro groups is 1. The second kappa shape index (κ2) is 5.09. The Morgan fingerprint density at radius 1 is 1.33 bits per heavy atom. The molecule has 0 aromatic heterocycles. The van der Waals surface area contributed by atoms with Gasteiger partial charge in [0.05, 0.1) is 4.92 Å². The number of halogens is 1. The van der Waals surface area contributed by atoms with E-state index < -0.39 is 0 Å². The van der Waals surface area contributed by atoms with Gasteiger partial charge >= 0.3 is 0 Å². The third-order valence-corrected chi connectivity index (χ3v) is 2.32. The van der Waals surface area contributed by atoms with Gasteiger partial charge in [0.25, 0.3) is 5.69 Å². The average Bonchev–Trinajstić information content (AvgIpc) is 2.99. The molecule has 4 nitrogen and oxygen atoms in total. The molecule has 0 atom stereocenters. The lowest BCUT2D eigenvalue weighted by molar-refractivity contribution is -0.384. The van der Waals surface area contributed by atoms with Crippen LogP contribution in [-0.2, 0) is 6.54 Å². The Hall–Kier alpha value is -1.13. The van der Waals surface area contributed by atoms with Gasteiger partial charge < -0.3 is 5.32 Å². The van der Waals surface area contributed by atoms with Gasteiger partial charge in [-0.05, 0) is 18.4 Å². The Morgan fingerprint density at radius 2 is 1.93 bits per heavy atom. The third kappa shape index (κ3) is 3.49. The Kier molecular flexibility index (Phi) is 4.05. The van der Waals surface area contributed by atoms with Crippen LogP contribution < -0.4 is 5.32 Å². The predicted octanol–water partition coefficient (Wildman–Crippen LogP) is 2.27. The summed E-state index contributed by atoms with van der Waals surface area (Å²) in [6, 6.07) is 7.36. The zero-order valence-corrected chi connectivity index (χ0v) is 9.00. The van der Waals surface area contributed by atoms with E-state index in [0.29, 0.717) is 6.04 Å². The number of hydrogen-bond acceptors (Lipinski definition) is 3. The number of nitrogens with zero attached hydrogens (tertiary/aromatic N) is 1. The molecule has 0 unspecified atom stereocenters. The summed E-state index contributed by atoms with van der Waals surface area (Å²) in [4.78, 5) is 10.0. The van der Waals surface area contributed by atoms with Crippen molar-refractivity contribution in [3.05, 3.63) is 39.9 Å². The normalized spacial score (nSPS) is 14.4. The second-order valence-corrected chi connectivity index (χ2v) is 3.58. The van der Waals surface area contributed by atoms with Crippen LogP contribution in [0.3, 0.4) is 0 Å². The molecule has 0 saturated heterocycles. The summed E-state index contributed by atoms with van der Waals surface area (Å²) >= 11 is 0. The van der Waals surface area contributed by atoms with Crippen LogP contribution in [0.2, 0.25) is 0 Å². The summed E-state index contributed by atoms with van der Waals surface area (Å²) in [5, 5.41) is 13.7. The van der Waals surface area contributed by atoms with Crippen LogP contribution in [0.4, 0.5) is 5.69 Å². The maximum absolute atomic E-state index is 10.4. The van der Waals surface area contributed by atoms with Crippen molar-refractivity contribution in [1.82, 2.24) is 5.32 Å². The van der Waals surface area contributed by atoms with Gasteiger partial charge in [0, 0.05) is 24.7 Å². The van der Waals surface area contributed by atoms with Crippen LogP contribution >= 0.6 is 12.4 Å². The first kappa shape index (κ1) is 11.9. The van der Waals surface area contributed by atoms with E-state index in [1.807, 2.05) is 0 Å². The third-order valence-electron chi connectivity index (χ3n) is 2.32. The van der Waals surface area contributed by atoms with E-state index >= 15 is 0 Å². The largest absolute Gasteiger partial charge is 0.310 e. The number of benzene rings is 1. The van der Waals surface area contributed by atoms with Gasteiger partial charge in [0.15, 0.2) is 0 Å². The highest BCUT2D eigenvalue weighted by molar-refractivity contribution is 5.85. The van der Waals surface area contributed by atoms with E-state index in [1.54, 1.807) is 24.3 Å². The Balaban J connectivity index is 0.00000112. The summed E-state index contributed by atoms with van der Waals surface area (Å²) in [5.74, 6) is 0. The van der Waals surface area contributed by atoms with Crippen molar-refractivity contribution < 1.29 is 4.92 Å². The first-order chi connectivity index (χ1) is 6.75. The monoisotopic (exact) mass is 228 g/mol. The molecule has 1 aromatic rings. The average molecular weight is 229 g/mol. The van der Waals surface area contributed by atoms with E-state index in [9.17, 15) is 10.1 Å². The number of non-ortho nitro benzene ring substituents is 1. The quantitative estimate of drug-likeness (QED) is 0.635. The van der Waals surface area contributed by atoms with E-state index in [1.165, 1.54) is 12.8 Å². The van der Waals surface area contributed by atoms with Crippen molar-refractivity contribution in [2.75, 3.05) is 0 Å². The van der Waals surface area contributed by atoms with E-state index in [-0.39, 0.29) is 23.0 Å². The molecule has 0 radical (unpaired) electrons. The molecule has 1 aromatic carbocycles. The van der Waals surface area contributed by atoms with Crippen LogP contribution in [0.5, 0.6) is 0 Å². The van der Waals surface area contributed by atoms with Gasteiger partial charge in [-0.3, -0.25) is 10.1 Å². The fourth-order valence-corrected chi connectivity index (χ4v) is 1.29. The summed E-state index contributed by atoms with van der Waals surface area (Å²) in [6.45, 7) is 0.808. The molecule has 1 aliphatic carbocycles. The van der Waals surface area contributed by atoms with E-state index in [0.717, 1.165) is 12.1 Å². The predicted molar refractivity (Wildman–Crippen MR) is 60.2 cm³/mol. The lowest BCUT2D eigenvalue weighted by atomic mass is 10.2. The topological polar surface area (TPSA) is 55.2 Å². The molecule has 15 heavy (non-hydrogen) atoms. The van der Waals surface area contributed by atoms with Crippen molar-refractivity contribution in [2.24, 2.45) is 0 Å². The van der Waals surface area contributed by atoms with Crippen LogP contribution in [0.25, 0.3) is 0 Å². The maximum atomic E-state index is 10.4. The summed E-state index contributed by atoms with van der Waals surface area (Å²) in [5.41, 5.74) is 1.25. The highest BCUT2D eigenvalue weighted by Crippen LogP contribution is 2.19. The van der Waals surface area contributed by atoms with Gasteiger partial charge in [-0.2, -0.15) is 0 Å². The van der Waals surface area contributed by atoms with Gasteiger partial charge in [-0.15, -0.1) is 12.4 Å². The second-order valence-electron chi connectivity index (χ2n) is 3.58. The first-order valence-corrected chi connectivity index (χ1v) is 4.72. The highest BCUT2D eigenvalue weighted by atomic mass is 35.5. The molecule has 1 N–H and O–H groups in total. The summed E-state index contributed by atoms with van der Waals surface area (Å²) in [6.07, 6.45) is 2.51. The fraction of sp³-hybridized carbons (Fsp3) is 0.400. The van der Waals surface area contributed by atoms with Crippen molar-refractivity contribution in [2.45, 2.75) is 25.4 Å². The summed E-state index contributed by atoms with van der Waals surface area (Å²) < 4.78 is 0. The molecule has 0 aliphatic heterocycles. The Morgan fingerprint density at radius 3 is 2.40 bits per heavy atom. The maximum Gasteiger partial charge on any atom is 0.269 e. The molecule has 0 bridgehead atoms. The number of nitro benzene ring substituents is 1. The van der Waals surface area contributed by atoms with Crippen LogP contribution in [0.1, 0.15) is 18.4 Å². The minimum atomic E-state index is -0.377. The SMILES string of the molecule is Cl.O=[N+]([O-])c1ccc(CNC2CC2)cc1. The molecule has 2 rings (SSSR count). The van der Waals surface area contributed by atoms with Crippen LogP contribution in [0.15, 0.2) is 24.3 Å². The minimum Gasteiger partial charge on any atom is -0.310 e. The van der Waals surface area contributed by atoms with Gasteiger partial charge in [0.1, 0.15) is 0 Å². The minimum absolute atomic E-state index is 0. The van der Waals surface area contributed by atoms with Crippen molar-refractivity contribution in [3.8, 4) is 0 Å². The van der Waals surface area contributed by atoms with E-state index in [2.05, 4.69) is 5.32 Å². The van der Waals surface area contributed by atoms with Crippen molar-refractivity contribution in [1.29, 1.82) is 0 Å². The molecule has 5 heteroatoms. The van der Waals surface area contributed by atoms with Crippen LogP contribution in [0, 0.1) is 10.1 Å². The molecule has 82 valence electrons. The molecule has 1 saturated carbocycles. The van der Waals surface area contributed by atoms with Crippen LogP contribution in [-0.4, -0.2) is 11.0 Å². The molecule has 1 aliphatic rings. The molecular formula is C10H13ClN2O2. The number of nitrogens with one attached hydrogen (secondary N) is 1. The molecular weight excluding hydrogens is 216 g/mol. The first-order valence-electron chi connectivity index (χ1n) is 4.72. The van der Waals surface area contributed by atoms with E-state index in [4.69, 9.17) is 0 Å². The summed E-state index contributed by atoms with van der Waals surface area (Å²) in [7, 11) is 0. The zero-order valence-electron chi connectivity index (χ0n) is 8.18. The fourth-order valence-electron chi connectivity index (χ4n) is 1.29. The standard InChI is InChI=1S/C10H12N2O2.ClH/c13-12(14)10-5-1-8(2-6-10)7-11-9-3-4-9;/h1-2,5-6,9,11H,3-4,7H2;1H. The lowest BCUT2D eigenvalue weighted by Crippen LogP contribution is -2.15. The number of hydrogen-bond donors (Lipinski definition) is 1. The molecule has 1 fully saturated rings. The molecule has 0 heterocycles. The Bertz CT molecular complexity index is 336. The smallest absolute Gasteiger partial charge is 0.269 e. The zero-order chi connectivity index (χ0) is 9.97. The van der Waals surface area contributed by atoms with Crippen molar-refractivity contribution in [3.63, 3.8) is 0 Å². The van der Waals surface area contributed by atoms with Gasteiger partial charge in [-0.25, -0.2) is 0 Å². The molecule has 0 spiro atoms. The highest BCUT2D eigenvalue weighted by Gasteiger charge is 2.19. The number of rotatable bonds is 4. The molecule has 0 amide bonds.